The number of urea groups is 1. The molecule has 8 heteroatoms. The van der Waals surface area contributed by atoms with E-state index in [1.807, 2.05) is 49.4 Å². The van der Waals surface area contributed by atoms with Crippen molar-refractivity contribution in [3.63, 3.8) is 0 Å². The van der Waals surface area contributed by atoms with Gasteiger partial charge in [-0.25, -0.2) is 9.59 Å². The van der Waals surface area contributed by atoms with E-state index in [0.29, 0.717) is 34.6 Å². The predicted octanol–water partition coefficient (Wildman–Crippen LogP) is 5.16. The fraction of sp³-hybridized carbons (Fsp3) is 0.233. The lowest BCUT2D eigenvalue weighted by Crippen LogP contribution is -2.48. The smallest absolute Gasteiger partial charge is 0.338 e. The van der Waals surface area contributed by atoms with Gasteiger partial charge in [0.15, 0.2) is 0 Å². The van der Waals surface area contributed by atoms with Gasteiger partial charge < -0.3 is 20.1 Å². The number of nitrogens with zero attached hydrogens (tertiary/aromatic N) is 1. The Labute approximate surface area is 222 Å². The summed E-state index contributed by atoms with van der Waals surface area (Å²) in [6.45, 7) is 4.32. The second-order valence-corrected chi connectivity index (χ2v) is 8.78. The van der Waals surface area contributed by atoms with Gasteiger partial charge in [0.1, 0.15) is 6.61 Å². The summed E-state index contributed by atoms with van der Waals surface area (Å²) in [4.78, 5) is 40.3. The number of carbonyl (C=O) groups is 3. The molecule has 3 amide bonds. The zero-order chi connectivity index (χ0) is 27.1. The number of allylic oxidation sites excluding steroid dienone is 1. The van der Waals surface area contributed by atoms with E-state index in [1.54, 1.807) is 43.3 Å². The van der Waals surface area contributed by atoms with Crippen LogP contribution in [0.4, 0.5) is 10.5 Å². The van der Waals surface area contributed by atoms with Gasteiger partial charge in [-0.3, -0.25) is 9.69 Å². The Morgan fingerprint density at radius 1 is 0.947 bits per heavy atom. The molecular weight excluding hydrogens is 482 g/mol. The number of rotatable bonds is 9. The molecule has 0 aliphatic carbocycles. The maximum atomic E-state index is 13.0. The number of carbonyl (C=O) groups excluding carboxylic acids is 3. The Morgan fingerprint density at radius 2 is 1.66 bits per heavy atom. The second kappa shape index (κ2) is 12.2. The third-order valence-corrected chi connectivity index (χ3v) is 6.39. The van der Waals surface area contributed by atoms with Gasteiger partial charge in [-0.1, -0.05) is 54.6 Å². The van der Waals surface area contributed by atoms with Crippen LogP contribution >= 0.6 is 0 Å². The number of nitrogens with one attached hydrogen (secondary N) is 2. The minimum absolute atomic E-state index is 0.0953. The van der Waals surface area contributed by atoms with Gasteiger partial charge in [-0.15, -0.1) is 0 Å². The number of hydrogen-bond acceptors (Lipinski definition) is 5. The molecule has 3 aromatic carbocycles. The molecule has 196 valence electrons. The van der Waals surface area contributed by atoms with Crippen LogP contribution in [0.15, 0.2) is 90.1 Å². The molecule has 1 aliphatic heterocycles. The molecule has 4 rings (SSSR count). The van der Waals surface area contributed by atoms with Gasteiger partial charge >= 0.3 is 12.0 Å². The molecule has 0 bridgehead atoms. The number of hydrogen-bond donors (Lipinski definition) is 2. The molecule has 0 saturated heterocycles. The Hall–Kier alpha value is -4.43. The van der Waals surface area contributed by atoms with Crippen LogP contribution in [-0.4, -0.2) is 49.7 Å². The molecule has 3 aromatic rings. The number of anilines is 1. The van der Waals surface area contributed by atoms with Crippen molar-refractivity contribution in [1.82, 2.24) is 10.2 Å². The molecule has 1 atom stereocenters. The molecule has 1 heterocycles. The Balaban J connectivity index is 1.56. The van der Waals surface area contributed by atoms with Crippen LogP contribution in [0.25, 0.3) is 11.1 Å². The number of esters is 1. The second-order valence-electron chi connectivity index (χ2n) is 8.78. The molecular formula is C30H31N3O5. The van der Waals surface area contributed by atoms with E-state index in [4.69, 9.17) is 9.47 Å². The number of methoxy groups -OCH3 is 1. The highest BCUT2D eigenvalue weighted by Gasteiger charge is 2.36. The summed E-state index contributed by atoms with van der Waals surface area (Å²) in [6.07, 6.45) is 0. The normalized spacial score (nSPS) is 15.2. The zero-order valence-electron chi connectivity index (χ0n) is 21.7. The summed E-state index contributed by atoms with van der Waals surface area (Å²) < 4.78 is 10.4. The average Bonchev–Trinajstić information content (AvgIpc) is 2.93. The van der Waals surface area contributed by atoms with Crippen molar-refractivity contribution < 1.29 is 23.9 Å². The van der Waals surface area contributed by atoms with Gasteiger partial charge in [-0.2, -0.15) is 0 Å². The van der Waals surface area contributed by atoms with Gasteiger partial charge in [0.25, 0.3) is 5.91 Å². The molecule has 2 N–H and O–H groups in total. The van der Waals surface area contributed by atoms with Crippen LogP contribution in [-0.2, 0) is 14.3 Å². The van der Waals surface area contributed by atoms with Crippen molar-refractivity contribution >= 4 is 23.6 Å². The molecule has 38 heavy (non-hydrogen) atoms. The summed E-state index contributed by atoms with van der Waals surface area (Å²) >= 11 is 0. The first-order valence-corrected chi connectivity index (χ1v) is 12.4. The lowest BCUT2D eigenvalue weighted by Gasteiger charge is -2.35. The number of ether oxygens (including phenoxy) is 2. The standard InChI is InChI=1S/C30H31N3O5/c1-4-33-20(2)26(29(35)38-18-17-37-3)27(32-30(33)36)24-11-8-12-25(19-24)31-28(34)23-15-13-22(14-16-23)21-9-6-5-7-10-21/h5-16,19,27H,4,17-18H2,1-3H3,(H,31,34)(H,32,36). The average molecular weight is 514 g/mol. The topological polar surface area (TPSA) is 97.0 Å². The van der Waals surface area contributed by atoms with E-state index < -0.39 is 12.0 Å². The van der Waals surface area contributed by atoms with Crippen molar-refractivity contribution in [2.24, 2.45) is 0 Å². The van der Waals surface area contributed by atoms with Crippen LogP contribution in [0.1, 0.15) is 35.8 Å². The van der Waals surface area contributed by atoms with Crippen molar-refractivity contribution in [3.8, 4) is 11.1 Å². The molecule has 8 nitrogen and oxygen atoms in total. The quantitative estimate of drug-likeness (QED) is 0.305. The minimum atomic E-state index is -0.734. The molecule has 0 fully saturated rings. The van der Waals surface area contributed by atoms with E-state index in [-0.39, 0.29) is 25.2 Å². The first-order valence-electron chi connectivity index (χ1n) is 12.4. The third kappa shape index (κ3) is 5.92. The van der Waals surface area contributed by atoms with Gasteiger partial charge in [0, 0.05) is 30.6 Å². The molecule has 0 aromatic heterocycles. The van der Waals surface area contributed by atoms with Gasteiger partial charge in [0.2, 0.25) is 0 Å². The highest BCUT2D eigenvalue weighted by atomic mass is 16.6. The van der Waals surface area contributed by atoms with Crippen LogP contribution in [0.3, 0.4) is 0 Å². The van der Waals surface area contributed by atoms with Crippen molar-refractivity contribution in [2.45, 2.75) is 19.9 Å². The maximum Gasteiger partial charge on any atom is 0.338 e. The van der Waals surface area contributed by atoms with E-state index in [1.165, 1.54) is 12.0 Å². The first kappa shape index (κ1) is 26.6. The molecule has 1 unspecified atom stereocenters. The fourth-order valence-electron chi connectivity index (χ4n) is 4.42. The van der Waals surface area contributed by atoms with E-state index in [0.717, 1.165) is 11.1 Å². The summed E-state index contributed by atoms with van der Waals surface area (Å²) in [7, 11) is 1.53. The first-order chi connectivity index (χ1) is 18.4. The number of benzene rings is 3. The minimum Gasteiger partial charge on any atom is -0.460 e. The van der Waals surface area contributed by atoms with Crippen molar-refractivity contribution in [3.05, 3.63) is 101 Å². The third-order valence-electron chi connectivity index (χ3n) is 6.39. The lowest BCUT2D eigenvalue weighted by molar-refractivity contribution is -0.140. The van der Waals surface area contributed by atoms with Crippen LogP contribution in [0, 0.1) is 0 Å². The summed E-state index contributed by atoms with van der Waals surface area (Å²) in [5.41, 5.74) is 4.64. The molecule has 1 aliphatic rings. The summed E-state index contributed by atoms with van der Waals surface area (Å²) in [6, 6.07) is 23.3. The highest BCUT2D eigenvalue weighted by Crippen LogP contribution is 2.32. The number of amides is 3. The van der Waals surface area contributed by atoms with Crippen LogP contribution < -0.4 is 10.6 Å². The SMILES string of the molecule is CCN1C(=O)NC(c2cccc(NC(=O)c3ccc(-c4ccccc4)cc3)c2)C(C(=O)OCCOC)=C1C. The maximum absolute atomic E-state index is 13.0. The van der Waals surface area contributed by atoms with E-state index >= 15 is 0 Å². The van der Waals surface area contributed by atoms with Gasteiger partial charge in [0.05, 0.1) is 18.2 Å². The van der Waals surface area contributed by atoms with E-state index in [9.17, 15) is 14.4 Å². The van der Waals surface area contributed by atoms with Crippen molar-refractivity contribution in [1.29, 1.82) is 0 Å². The highest BCUT2D eigenvalue weighted by molar-refractivity contribution is 6.04. The lowest BCUT2D eigenvalue weighted by atomic mass is 9.94. The predicted molar refractivity (Wildman–Crippen MR) is 145 cm³/mol. The van der Waals surface area contributed by atoms with E-state index in [2.05, 4.69) is 10.6 Å². The molecule has 0 spiro atoms. The van der Waals surface area contributed by atoms with Gasteiger partial charge in [-0.05, 0) is 54.8 Å². The Kier molecular flexibility index (Phi) is 8.55. The fourth-order valence-corrected chi connectivity index (χ4v) is 4.42. The molecule has 0 radical (unpaired) electrons. The Morgan fingerprint density at radius 3 is 2.34 bits per heavy atom. The molecule has 0 saturated carbocycles. The van der Waals surface area contributed by atoms with Crippen LogP contribution in [0.5, 0.6) is 0 Å². The Bertz CT molecular complexity index is 1340. The summed E-state index contributed by atoms with van der Waals surface area (Å²) in [5.74, 6) is -0.798. The van der Waals surface area contributed by atoms with Crippen LogP contribution in [0.2, 0.25) is 0 Å². The largest absolute Gasteiger partial charge is 0.460 e. The summed E-state index contributed by atoms with van der Waals surface area (Å²) in [5, 5.41) is 5.82. The monoisotopic (exact) mass is 513 g/mol. The van der Waals surface area contributed by atoms with Crippen molar-refractivity contribution in [2.75, 3.05) is 32.2 Å². The zero-order valence-corrected chi connectivity index (χ0v) is 21.7.